The molecule has 0 spiro atoms. The molecular formula is C34H44N4O6S. The molecule has 2 aromatic carbocycles. The zero-order chi connectivity index (χ0) is 32.1. The Kier molecular flexibility index (Phi) is 12.9. The molecule has 3 atom stereocenters. The molecule has 1 aromatic heterocycles. The molecule has 1 aliphatic heterocycles. The van der Waals surface area contributed by atoms with E-state index in [4.69, 9.17) is 9.47 Å². The minimum Gasteiger partial charge on any atom is -0.425 e. The van der Waals surface area contributed by atoms with Gasteiger partial charge in [0.1, 0.15) is 6.04 Å². The number of benzene rings is 2. The number of aromatic nitrogens is 1. The van der Waals surface area contributed by atoms with Crippen molar-refractivity contribution in [3.05, 3.63) is 96.3 Å². The van der Waals surface area contributed by atoms with Gasteiger partial charge in [0.05, 0.1) is 11.8 Å². The maximum atomic E-state index is 14.0. The van der Waals surface area contributed by atoms with Crippen molar-refractivity contribution >= 4 is 27.6 Å². The highest BCUT2D eigenvalue weighted by Crippen LogP contribution is 2.29. The Hall–Kier alpha value is -3.80. The Morgan fingerprint density at radius 3 is 2.16 bits per heavy atom. The van der Waals surface area contributed by atoms with Crippen LogP contribution in [-0.4, -0.2) is 74.5 Å². The Morgan fingerprint density at radius 1 is 0.889 bits per heavy atom. The first-order chi connectivity index (χ1) is 21.8. The van der Waals surface area contributed by atoms with Gasteiger partial charge in [-0.15, -0.1) is 0 Å². The fraction of sp³-hybridized carbons (Fsp3) is 0.441. The maximum absolute atomic E-state index is 14.0. The van der Waals surface area contributed by atoms with E-state index in [1.54, 1.807) is 19.3 Å². The zero-order valence-electron chi connectivity index (χ0n) is 26.1. The molecule has 10 nitrogen and oxygen atoms in total. The van der Waals surface area contributed by atoms with E-state index in [1.807, 2.05) is 79.7 Å². The third kappa shape index (κ3) is 10.4. The van der Waals surface area contributed by atoms with Gasteiger partial charge in [0.2, 0.25) is 16.3 Å². The molecule has 1 fully saturated rings. The number of piperazine rings is 1. The van der Waals surface area contributed by atoms with Gasteiger partial charge in [-0.3, -0.25) is 19.5 Å². The molecule has 1 aliphatic rings. The second-order valence-electron chi connectivity index (χ2n) is 11.1. The molecule has 0 saturated carbocycles. The number of nitrogens with one attached hydrogen (secondary N) is 1. The number of carbonyl (C=O) groups is 2. The number of aryl methyl sites for hydroxylation is 1. The lowest BCUT2D eigenvalue weighted by molar-refractivity contribution is -0.190. The predicted molar refractivity (Wildman–Crippen MR) is 174 cm³/mol. The number of anilines is 1. The molecule has 45 heavy (non-hydrogen) atoms. The van der Waals surface area contributed by atoms with Crippen LogP contribution in [0.3, 0.4) is 0 Å². The topological polar surface area (TPSA) is 118 Å². The van der Waals surface area contributed by atoms with Gasteiger partial charge >= 0.3 is 11.9 Å². The van der Waals surface area contributed by atoms with Crippen molar-refractivity contribution in [3.63, 3.8) is 0 Å². The minimum absolute atomic E-state index is 0.115. The van der Waals surface area contributed by atoms with E-state index in [0.717, 1.165) is 16.8 Å². The van der Waals surface area contributed by atoms with Crippen LogP contribution in [0.4, 0.5) is 5.69 Å². The first-order valence-corrected chi connectivity index (χ1v) is 17.3. The van der Waals surface area contributed by atoms with Gasteiger partial charge in [-0.05, 0) is 36.1 Å². The molecule has 1 saturated heterocycles. The average molecular weight is 637 g/mol. The summed E-state index contributed by atoms with van der Waals surface area (Å²) in [5.74, 6) is -1.40. The number of rotatable bonds is 16. The molecule has 0 radical (unpaired) electrons. The number of sulfonamides is 1. The van der Waals surface area contributed by atoms with E-state index >= 15 is 0 Å². The van der Waals surface area contributed by atoms with Gasteiger partial charge in [-0.1, -0.05) is 80.9 Å². The molecule has 0 aliphatic carbocycles. The number of unbranched alkanes of at least 4 members (excludes halogenated alkanes) is 1. The summed E-state index contributed by atoms with van der Waals surface area (Å²) in [6, 6.07) is 21.0. The fourth-order valence-corrected chi connectivity index (χ4v) is 6.79. The number of carbonyl (C=O) groups excluding carboxylic acids is 2. The zero-order valence-corrected chi connectivity index (χ0v) is 26.9. The molecule has 0 amide bonds. The Labute approximate surface area is 266 Å². The van der Waals surface area contributed by atoms with Crippen molar-refractivity contribution in [2.24, 2.45) is 0 Å². The van der Waals surface area contributed by atoms with Gasteiger partial charge in [-0.25, -0.2) is 8.42 Å². The summed E-state index contributed by atoms with van der Waals surface area (Å²) in [7, 11) is -3.84. The van der Waals surface area contributed by atoms with E-state index in [9.17, 15) is 18.0 Å². The van der Waals surface area contributed by atoms with E-state index in [1.165, 1.54) is 0 Å². The largest absolute Gasteiger partial charge is 0.425 e. The van der Waals surface area contributed by atoms with Crippen LogP contribution in [0.1, 0.15) is 56.7 Å². The van der Waals surface area contributed by atoms with Crippen LogP contribution in [0, 0.1) is 0 Å². The first kappa shape index (κ1) is 34.1. The highest BCUT2D eigenvalue weighted by Gasteiger charge is 2.40. The summed E-state index contributed by atoms with van der Waals surface area (Å²) in [6.45, 7) is 6.16. The summed E-state index contributed by atoms with van der Waals surface area (Å²) in [5, 5.41) is 0. The normalized spacial score (nSPS) is 16.0. The third-order valence-electron chi connectivity index (χ3n) is 7.82. The molecule has 4 rings (SSSR count). The molecule has 3 unspecified atom stereocenters. The number of pyridine rings is 1. The highest BCUT2D eigenvalue weighted by molar-refractivity contribution is 7.89. The van der Waals surface area contributed by atoms with Crippen molar-refractivity contribution in [1.29, 1.82) is 0 Å². The fourth-order valence-electron chi connectivity index (χ4n) is 5.40. The van der Waals surface area contributed by atoms with Gasteiger partial charge in [0, 0.05) is 57.1 Å². The molecule has 3 aromatic rings. The smallest absolute Gasteiger partial charge is 0.329 e. The summed E-state index contributed by atoms with van der Waals surface area (Å²) in [5.41, 5.74) is 2.83. The van der Waals surface area contributed by atoms with Crippen molar-refractivity contribution in [2.75, 3.05) is 36.8 Å². The predicted octanol–water partition coefficient (Wildman–Crippen LogP) is 4.49. The number of nitrogens with zero attached hydrogens (tertiary/aromatic N) is 3. The van der Waals surface area contributed by atoms with Crippen molar-refractivity contribution in [2.45, 2.75) is 64.3 Å². The number of esters is 2. The quantitative estimate of drug-likeness (QED) is 0.179. The second-order valence-corrected chi connectivity index (χ2v) is 13.0. The summed E-state index contributed by atoms with van der Waals surface area (Å²) >= 11 is 0. The Balaban J connectivity index is 1.55. The summed E-state index contributed by atoms with van der Waals surface area (Å²) < 4.78 is 40.6. The molecule has 2 heterocycles. The van der Waals surface area contributed by atoms with E-state index in [2.05, 4.69) is 19.5 Å². The maximum Gasteiger partial charge on any atom is 0.329 e. The van der Waals surface area contributed by atoms with Crippen LogP contribution in [0.15, 0.2) is 85.2 Å². The molecule has 242 valence electrons. The lowest BCUT2D eigenvalue weighted by Gasteiger charge is -2.42. The van der Waals surface area contributed by atoms with Gasteiger partial charge in [0.25, 0.3) is 0 Å². The van der Waals surface area contributed by atoms with Crippen molar-refractivity contribution in [3.8, 4) is 0 Å². The average Bonchev–Trinajstić information content (AvgIpc) is 3.07. The lowest BCUT2D eigenvalue weighted by atomic mass is 9.97. The van der Waals surface area contributed by atoms with E-state index < -0.39 is 40.3 Å². The first-order valence-electron chi connectivity index (χ1n) is 15.7. The van der Waals surface area contributed by atoms with Gasteiger partial charge in [0.15, 0.2) is 0 Å². The van der Waals surface area contributed by atoms with Crippen LogP contribution >= 0.6 is 0 Å². The number of hydrogen-bond acceptors (Lipinski definition) is 9. The van der Waals surface area contributed by atoms with Crippen LogP contribution in [0.25, 0.3) is 0 Å². The molecule has 11 heteroatoms. The Morgan fingerprint density at radius 2 is 1.53 bits per heavy atom. The SMILES string of the molecule is CCCCS(=O)(=O)NC(C(=O)OC(CC)OC(=O)CCc1ccccc1)C(c1ccccc1)N1CCN(c2ccncc2)CC1. The lowest BCUT2D eigenvalue weighted by Crippen LogP contribution is -2.56. The molecule has 0 bridgehead atoms. The summed E-state index contributed by atoms with van der Waals surface area (Å²) in [6.07, 6.45) is 4.33. The van der Waals surface area contributed by atoms with Crippen molar-refractivity contribution in [1.82, 2.24) is 14.6 Å². The second kappa shape index (κ2) is 17.0. The standard InChI is InChI=1S/C34H44N4O6S/c1-3-5-26-45(41,42)36-32(34(40)44-31(4-2)43-30(39)17-16-27-12-8-6-9-13-27)33(28-14-10-7-11-15-28)38-24-22-37(23-25-38)29-18-20-35-21-19-29/h6-15,18-21,31-33,36H,3-5,16-17,22-26H2,1-2H3. The molecule has 1 N–H and O–H groups in total. The van der Waals surface area contributed by atoms with Gasteiger partial charge in [-0.2, -0.15) is 4.72 Å². The van der Waals surface area contributed by atoms with Crippen molar-refractivity contribution < 1.29 is 27.5 Å². The van der Waals surface area contributed by atoms with Crippen LogP contribution in [-0.2, 0) is 35.5 Å². The van der Waals surface area contributed by atoms with Crippen LogP contribution < -0.4 is 9.62 Å². The monoisotopic (exact) mass is 636 g/mol. The molecular weight excluding hydrogens is 592 g/mol. The summed E-state index contributed by atoms with van der Waals surface area (Å²) in [4.78, 5) is 35.1. The Bertz CT molecular complexity index is 1440. The van der Waals surface area contributed by atoms with Crippen LogP contribution in [0.5, 0.6) is 0 Å². The third-order valence-corrected chi connectivity index (χ3v) is 9.26. The minimum atomic E-state index is -3.84. The number of ether oxygens (including phenoxy) is 2. The van der Waals surface area contributed by atoms with E-state index in [0.29, 0.717) is 45.4 Å². The number of hydrogen-bond donors (Lipinski definition) is 1. The van der Waals surface area contributed by atoms with Crippen LogP contribution in [0.2, 0.25) is 0 Å². The van der Waals surface area contributed by atoms with Gasteiger partial charge < -0.3 is 14.4 Å². The van der Waals surface area contributed by atoms with E-state index in [-0.39, 0.29) is 18.6 Å². The highest BCUT2D eigenvalue weighted by atomic mass is 32.2.